The summed E-state index contributed by atoms with van der Waals surface area (Å²) in [5.74, 6) is -0.0177. The number of benzene rings is 3. The van der Waals surface area contributed by atoms with Crippen molar-refractivity contribution in [3.05, 3.63) is 106 Å². The van der Waals surface area contributed by atoms with Crippen molar-refractivity contribution in [3.63, 3.8) is 0 Å². The Morgan fingerprint density at radius 3 is 2.47 bits per heavy atom. The van der Waals surface area contributed by atoms with Gasteiger partial charge in [0.1, 0.15) is 18.2 Å². The van der Waals surface area contributed by atoms with Crippen LogP contribution in [0.3, 0.4) is 0 Å². The van der Waals surface area contributed by atoms with Crippen LogP contribution in [0.2, 0.25) is 5.02 Å². The van der Waals surface area contributed by atoms with Crippen molar-refractivity contribution in [1.29, 1.82) is 0 Å². The molecule has 0 saturated carbocycles. The maximum atomic E-state index is 13.6. The number of ether oxygens (including phenoxy) is 1. The number of nitrogens with one attached hydrogen (secondary N) is 1. The minimum Gasteiger partial charge on any atom is -0.489 e. The zero-order valence-electron chi connectivity index (χ0n) is 16.3. The number of halogens is 2. The van der Waals surface area contributed by atoms with Crippen LogP contribution in [-0.2, 0) is 6.61 Å². The van der Waals surface area contributed by atoms with E-state index in [0.29, 0.717) is 34.2 Å². The summed E-state index contributed by atoms with van der Waals surface area (Å²) < 4.78 is 19.3. The van der Waals surface area contributed by atoms with Gasteiger partial charge in [-0.2, -0.15) is 5.10 Å². The number of carbonyl (C=O) groups excluding carboxylic acids is 1. The van der Waals surface area contributed by atoms with E-state index in [1.807, 2.05) is 24.3 Å². The first-order valence-electron chi connectivity index (χ1n) is 9.26. The van der Waals surface area contributed by atoms with Gasteiger partial charge in [0.05, 0.1) is 5.71 Å². The molecule has 152 valence electrons. The number of nitrogens with zero attached hydrogens (tertiary/aromatic N) is 1. The lowest BCUT2D eigenvalue weighted by molar-refractivity contribution is 0.0955. The molecule has 0 saturated heterocycles. The number of hydrazone groups is 1. The minimum absolute atomic E-state index is 0.316. The van der Waals surface area contributed by atoms with E-state index in [2.05, 4.69) is 10.5 Å². The lowest BCUT2D eigenvalue weighted by atomic mass is 10.2. The minimum atomic E-state index is -0.349. The quantitative estimate of drug-likeness (QED) is 0.382. The molecule has 3 aromatic rings. The predicted molar refractivity (Wildman–Crippen MR) is 118 cm³/mol. The van der Waals surface area contributed by atoms with Crippen LogP contribution in [-0.4, -0.2) is 11.6 Å². The van der Waals surface area contributed by atoms with E-state index in [0.717, 1.165) is 5.56 Å². The van der Waals surface area contributed by atoms with Crippen LogP contribution >= 0.6 is 11.6 Å². The highest BCUT2D eigenvalue weighted by Crippen LogP contribution is 2.16. The van der Waals surface area contributed by atoms with E-state index in [-0.39, 0.29) is 11.7 Å². The van der Waals surface area contributed by atoms with Gasteiger partial charge in [-0.3, -0.25) is 4.79 Å². The maximum Gasteiger partial charge on any atom is 0.271 e. The first kappa shape index (κ1) is 21.3. The van der Waals surface area contributed by atoms with Gasteiger partial charge in [-0.05, 0) is 61.0 Å². The van der Waals surface area contributed by atoms with E-state index in [4.69, 9.17) is 16.3 Å². The Balaban J connectivity index is 1.53. The van der Waals surface area contributed by atoms with Crippen molar-refractivity contribution in [2.45, 2.75) is 13.5 Å². The van der Waals surface area contributed by atoms with E-state index in [1.54, 1.807) is 61.5 Å². The smallest absolute Gasteiger partial charge is 0.271 e. The monoisotopic (exact) mass is 422 g/mol. The Hall–Kier alpha value is -3.44. The molecule has 3 rings (SSSR count). The summed E-state index contributed by atoms with van der Waals surface area (Å²) in [6.45, 7) is 2.12. The summed E-state index contributed by atoms with van der Waals surface area (Å²) in [6.07, 6.45) is 3.24. The Morgan fingerprint density at radius 2 is 1.77 bits per heavy atom. The molecule has 0 spiro atoms. The fourth-order valence-corrected chi connectivity index (χ4v) is 2.64. The standard InChI is InChI=1S/C24H20ClFN2O2/c1-17(6-9-19-4-2-3-5-23(19)26)27-28-24(29)20-10-14-22(15-11-20)30-16-18-7-12-21(25)13-8-18/h2-15H,16H2,1H3,(H,28,29). The molecular weight excluding hydrogens is 403 g/mol. The van der Waals surface area contributed by atoms with Gasteiger partial charge in [0.15, 0.2) is 0 Å². The Bertz CT molecular complexity index is 1060. The van der Waals surface area contributed by atoms with Gasteiger partial charge in [0.25, 0.3) is 5.91 Å². The molecule has 0 fully saturated rings. The summed E-state index contributed by atoms with van der Waals surface area (Å²) in [7, 11) is 0. The van der Waals surface area contributed by atoms with Gasteiger partial charge < -0.3 is 4.74 Å². The molecule has 0 aromatic heterocycles. The van der Waals surface area contributed by atoms with E-state index < -0.39 is 0 Å². The fourth-order valence-electron chi connectivity index (χ4n) is 2.51. The second kappa shape index (κ2) is 10.4. The second-order valence-corrected chi connectivity index (χ2v) is 6.92. The highest BCUT2D eigenvalue weighted by molar-refractivity contribution is 6.30. The normalized spacial score (nSPS) is 11.5. The molecule has 4 nitrogen and oxygen atoms in total. The third-order valence-corrected chi connectivity index (χ3v) is 4.43. The first-order chi connectivity index (χ1) is 14.5. The number of rotatable bonds is 7. The average Bonchev–Trinajstić information content (AvgIpc) is 2.77. The largest absolute Gasteiger partial charge is 0.489 e. The number of hydrogen-bond acceptors (Lipinski definition) is 3. The second-order valence-electron chi connectivity index (χ2n) is 6.49. The molecule has 0 atom stereocenters. The van der Waals surface area contributed by atoms with Gasteiger partial charge >= 0.3 is 0 Å². The fraction of sp³-hybridized carbons (Fsp3) is 0.0833. The lowest BCUT2D eigenvalue weighted by Crippen LogP contribution is -2.18. The molecule has 0 aliphatic heterocycles. The van der Waals surface area contributed by atoms with Gasteiger partial charge in [0.2, 0.25) is 0 Å². The third-order valence-electron chi connectivity index (χ3n) is 4.18. The van der Waals surface area contributed by atoms with E-state index in [9.17, 15) is 9.18 Å². The van der Waals surface area contributed by atoms with Gasteiger partial charge in [-0.1, -0.05) is 48.0 Å². The highest BCUT2D eigenvalue weighted by atomic mass is 35.5. The predicted octanol–water partition coefficient (Wildman–Crippen LogP) is 5.88. The summed E-state index contributed by atoms with van der Waals surface area (Å²) in [5, 5.41) is 4.69. The van der Waals surface area contributed by atoms with Crippen molar-refractivity contribution in [2.24, 2.45) is 5.10 Å². The molecule has 1 amide bonds. The van der Waals surface area contributed by atoms with E-state index >= 15 is 0 Å². The maximum absolute atomic E-state index is 13.6. The Labute approximate surface area is 179 Å². The average molecular weight is 423 g/mol. The lowest BCUT2D eigenvalue weighted by Gasteiger charge is -2.07. The molecule has 3 aromatic carbocycles. The zero-order valence-corrected chi connectivity index (χ0v) is 17.1. The van der Waals surface area contributed by atoms with Crippen molar-refractivity contribution in [3.8, 4) is 5.75 Å². The molecule has 6 heteroatoms. The molecule has 30 heavy (non-hydrogen) atoms. The van der Waals surface area contributed by atoms with Crippen LogP contribution in [0.15, 0.2) is 84.0 Å². The van der Waals surface area contributed by atoms with Crippen LogP contribution < -0.4 is 10.2 Å². The van der Waals surface area contributed by atoms with Gasteiger partial charge in [-0.25, -0.2) is 9.82 Å². The van der Waals surface area contributed by atoms with Gasteiger partial charge in [-0.15, -0.1) is 0 Å². The topological polar surface area (TPSA) is 50.7 Å². The summed E-state index contributed by atoms with van der Waals surface area (Å²) in [6, 6.07) is 20.6. The number of amides is 1. The van der Waals surface area contributed by atoms with Crippen molar-refractivity contribution >= 4 is 29.3 Å². The van der Waals surface area contributed by atoms with Crippen LogP contribution in [0.5, 0.6) is 5.75 Å². The molecular formula is C24H20ClFN2O2. The Morgan fingerprint density at radius 1 is 1.07 bits per heavy atom. The van der Waals surface area contributed by atoms with Crippen LogP contribution in [0, 0.1) is 5.82 Å². The molecule has 0 aliphatic carbocycles. The third kappa shape index (κ3) is 6.29. The van der Waals surface area contributed by atoms with Crippen LogP contribution in [0.25, 0.3) is 6.08 Å². The summed E-state index contributed by atoms with van der Waals surface area (Å²) in [5.41, 5.74) is 4.91. The molecule has 0 bridgehead atoms. The zero-order chi connectivity index (χ0) is 21.3. The molecule has 0 radical (unpaired) electrons. The van der Waals surface area contributed by atoms with Crippen LogP contribution in [0.1, 0.15) is 28.4 Å². The molecule has 1 N–H and O–H groups in total. The van der Waals surface area contributed by atoms with Crippen LogP contribution in [0.4, 0.5) is 4.39 Å². The Kier molecular flexibility index (Phi) is 7.35. The summed E-state index contributed by atoms with van der Waals surface area (Å²) >= 11 is 5.87. The number of hydrogen-bond donors (Lipinski definition) is 1. The number of allylic oxidation sites excluding steroid dienone is 1. The highest BCUT2D eigenvalue weighted by Gasteiger charge is 2.05. The number of carbonyl (C=O) groups is 1. The van der Waals surface area contributed by atoms with E-state index in [1.165, 1.54) is 6.07 Å². The first-order valence-corrected chi connectivity index (χ1v) is 9.63. The SMILES string of the molecule is CC(C=Cc1ccccc1F)=NNC(=O)c1ccc(OCc2ccc(Cl)cc2)cc1. The van der Waals surface area contributed by atoms with Crippen molar-refractivity contribution in [2.75, 3.05) is 0 Å². The van der Waals surface area contributed by atoms with Gasteiger partial charge in [0, 0.05) is 16.1 Å². The summed E-state index contributed by atoms with van der Waals surface area (Å²) in [4.78, 5) is 12.2. The molecule has 0 heterocycles. The van der Waals surface area contributed by atoms with Crippen molar-refractivity contribution in [1.82, 2.24) is 5.43 Å². The molecule has 0 unspecified atom stereocenters. The molecule has 0 aliphatic rings. The van der Waals surface area contributed by atoms with Crippen molar-refractivity contribution < 1.29 is 13.9 Å².